The number of rotatable bonds is 3. The first kappa shape index (κ1) is 11.5. The molecule has 0 unspecified atom stereocenters. The number of carbonyl (C=O) groups excluding carboxylic acids is 1. The first-order valence-electron chi connectivity index (χ1n) is 4.51. The molecule has 1 heterocycles. The molecule has 0 bridgehead atoms. The SMILES string of the molecule is CO[C@H]1C[C@@H](NC(C)=O)C=C(/C=N/O)O1. The highest BCUT2D eigenvalue weighted by Gasteiger charge is 2.23. The molecule has 2 atom stereocenters. The first-order valence-corrected chi connectivity index (χ1v) is 4.51. The van der Waals surface area contributed by atoms with Crippen LogP contribution in [0.15, 0.2) is 17.0 Å². The lowest BCUT2D eigenvalue weighted by Crippen LogP contribution is -2.38. The number of methoxy groups -OCH3 is 1. The van der Waals surface area contributed by atoms with Crippen molar-refractivity contribution in [2.45, 2.75) is 25.7 Å². The quantitative estimate of drug-likeness (QED) is 0.400. The van der Waals surface area contributed by atoms with Crippen molar-refractivity contribution < 1.29 is 19.5 Å². The summed E-state index contributed by atoms with van der Waals surface area (Å²) in [5.74, 6) is 0.239. The van der Waals surface area contributed by atoms with Crippen LogP contribution in [0.5, 0.6) is 0 Å². The lowest BCUT2D eigenvalue weighted by atomic mass is 10.1. The van der Waals surface area contributed by atoms with Gasteiger partial charge in [0.05, 0.1) is 6.04 Å². The summed E-state index contributed by atoms with van der Waals surface area (Å²) < 4.78 is 10.3. The highest BCUT2D eigenvalue weighted by Crippen LogP contribution is 2.16. The van der Waals surface area contributed by atoms with Crippen molar-refractivity contribution in [3.05, 3.63) is 11.8 Å². The van der Waals surface area contributed by atoms with Gasteiger partial charge in [0.2, 0.25) is 12.2 Å². The molecule has 0 saturated heterocycles. The van der Waals surface area contributed by atoms with Crippen LogP contribution < -0.4 is 5.32 Å². The van der Waals surface area contributed by atoms with Crippen molar-refractivity contribution in [3.63, 3.8) is 0 Å². The number of oxime groups is 1. The van der Waals surface area contributed by atoms with E-state index in [2.05, 4.69) is 10.5 Å². The predicted octanol–water partition coefficient (Wildman–Crippen LogP) is 0.228. The third-order valence-corrected chi connectivity index (χ3v) is 1.92. The molecule has 0 fully saturated rings. The summed E-state index contributed by atoms with van der Waals surface area (Å²) in [6, 6.07) is -0.172. The van der Waals surface area contributed by atoms with E-state index >= 15 is 0 Å². The number of carbonyl (C=O) groups is 1. The lowest BCUT2D eigenvalue weighted by Gasteiger charge is -2.27. The van der Waals surface area contributed by atoms with Crippen molar-refractivity contribution in [2.24, 2.45) is 5.16 Å². The molecule has 2 N–H and O–H groups in total. The van der Waals surface area contributed by atoms with Crippen LogP contribution in [0.3, 0.4) is 0 Å². The zero-order chi connectivity index (χ0) is 11.3. The van der Waals surface area contributed by atoms with Crippen molar-refractivity contribution in [3.8, 4) is 0 Å². The van der Waals surface area contributed by atoms with Crippen molar-refractivity contribution in [2.75, 3.05) is 7.11 Å². The van der Waals surface area contributed by atoms with Gasteiger partial charge in [0.15, 0.2) is 0 Å². The third-order valence-electron chi connectivity index (χ3n) is 1.92. The molecule has 0 aromatic carbocycles. The topological polar surface area (TPSA) is 80.2 Å². The summed E-state index contributed by atoms with van der Waals surface area (Å²) in [4.78, 5) is 10.9. The molecule has 6 nitrogen and oxygen atoms in total. The average Bonchev–Trinajstić information content (AvgIpc) is 2.16. The molecule has 0 radical (unpaired) electrons. The molecule has 84 valence electrons. The Morgan fingerprint density at radius 3 is 3.13 bits per heavy atom. The molecule has 6 heteroatoms. The van der Waals surface area contributed by atoms with Gasteiger partial charge < -0.3 is 20.0 Å². The van der Waals surface area contributed by atoms with Crippen LogP contribution in [0, 0.1) is 0 Å². The van der Waals surface area contributed by atoms with E-state index in [0.29, 0.717) is 12.2 Å². The van der Waals surface area contributed by atoms with Crippen LogP contribution in [-0.2, 0) is 14.3 Å². The van der Waals surface area contributed by atoms with Gasteiger partial charge in [0.1, 0.15) is 12.0 Å². The predicted molar refractivity (Wildman–Crippen MR) is 52.5 cm³/mol. The number of hydrogen-bond acceptors (Lipinski definition) is 5. The number of nitrogens with zero attached hydrogens (tertiary/aromatic N) is 1. The van der Waals surface area contributed by atoms with E-state index in [-0.39, 0.29) is 11.9 Å². The lowest BCUT2D eigenvalue weighted by molar-refractivity contribution is -0.122. The minimum Gasteiger partial charge on any atom is -0.463 e. The van der Waals surface area contributed by atoms with Gasteiger partial charge in [-0.2, -0.15) is 0 Å². The molecule has 0 aromatic heterocycles. The Bertz CT molecular complexity index is 288. The standard InChI is InChI=1S/C9H14N2O4/c1-6(12)11-7-3-8(5-10-13)15-9(4-7)14-2/h3,5,7,9,13H,4H2,1-2H3,(H,11,12)/b10-5+/t7-,9+/m0/s1. The fraction of sp³-hybridized carbons (Fsp3) is 0.556. The molecule has 1 amide bonds. The minimum atomic E-state index is -0.445. The molecule has 0 aromatic rings. The maximum absolute atomic E-state index is 10.9. The van der Waals surface area contributed by atoms with Gasteiger partial charge in [-0.25, -0.2) is 0 Å². The van der Waals surface area contributed by atoms with Crippen LogP contribution in [0.25, 0.3) is 0 Å². The second-order valence-corrected chi connectivity index (χ2v) is 3.14. The van der Waals surface area contributed by atoms with E-state index in [4.69, 9.17) is 14.7 Å². The van der Waals surface area contributed by atoms with E-state index in [9.17, 15) is 4.79 Å². The summed E-state index contributed by atoms with van der Waals surface area (Å²) in [7, 11) is 1.51. The third kappa shape index (κ3) is 3.59. The Morgan fingerprint density at radius 2 is 2.60 bits per heavy atom. The molecule has 1 aliphatic heterocycles. The summed E-state index contributed by atoms with van der Waals surface area (Å²) in [6.07, 6.45) is 2.90. The largest absolute Gasteiger partial charge is 0.463 e. The summed E-state index contributed by atoms with van der Waals surface area (Å²) in [5, 5.41) is 13.9. The van der Waals surface area contributed by atoms with E-state index in [1.807, 2.05) is 0 Å². The minimum absolute atomic E-state index is 0.131. The van der Waals surface area contributed by atoms with Crippen molar-refractivity contribution in [1.82, 2.24) is 5.32 Å². The molecular formula is C9H14N2O4. The Labute approximate surface area is 87.5 Å². The van der Waals surface area contributed by atoms with E-state index < -0.39 is 6.29 Å². The summed E-state index contributed by atoms with van der Waals surface area (Å²) >= 11 is 0. The van der Waals surface area contributed by atoms with Crippen LogP contribution >= 0.6 is 0 Å². The van der Waals surface area contributed by atoms with Crippen LogP contribution in [-0.4, -0.2) is 36.8 Å². The van der Waals surface area contributed by atoms with Crippen LogP contribution in [0.2, 0.25) is 0 Å². The van der Waals surface area contributed by atoms with E-state index in [1.54, 1.807) is 6.08 Å². The Kier molecular flexibility index (Phi) is 4.11. The Balaban J connectivity index is 2.70. The number of allylic oxidation sites excluding steroid dienone is 1. The molecule has 0 aliphatic carbocycles. The fourth-order valence-electron chi connectivity index (χ4n) is 1.35. The van der Waals surface area contributed by atoms with Crippen LogP contribution in [0.1, 0.15) is 13.3 Å². The zero-order valence-electron chi connectivity index (χ0n) is 8.64. The first-order chi connectivity index (χ1) is 7.15. The number of nitrogens with one attached hydrogen (secondary N) is 1. The van der Waals surface area contributed by atoms with Gasteiger partial charge in [0.25, 0.3) is 0 Å². The number of ether oxygens (including phenoxy) is 2. The van der Waals surface area contributed by atoms with Gasteiger partial charge in [-0.05, 0) is 6.08 Å². The molecule has 1 rings (SSSR count). The highest BCUT2D eigenvalue weighted by atomic mass is 16.7. The molecule has 0 saturated carbocycles. The fourth-order valence-corrected chi connectivity index (χ4v) is 1.35. The highest BCUT2D eigenvalue weighted by molar-refractivity contribution is 5.77. The monoisotopic (exact) mass is 214 g/mol. The van der Waals surface area contributed by atoms with Crippen molar-refractivity contribution >= 4 is 12.1 Å². The van der Waals surface area contributed by atoms with Gasteiger partial charge in [-0.15, -0.1) is 0 Å². The Hall–Kier alpha value is -1.56. The maximum Gasteiger partial charge on any atom is 0.217 e. The Morgan fingerprint density at radius 1 is 1.87 bits per heavy atom. The molecule has 1 aliphatic rings. The summed E-state index contributed by atoms with van der Waals surface area (Å²) in [6.45, 7) is 1.44. The second-order valence-electron chi connectivity index (χ2n) is 3.14. The van der Waals surface area contributed by atoms with E-state index in [0.717, 1.165) is 6.21 Å². The normalized spacial score (nSPS) is 25.9. The maximum atomic E-state index is 10.9. The van der Waals surface area contributed by atoms with E-state index in [1.165, 1.54) is 14.0 Å². The smallest absolute Gasteiger partial charge is 0.217 e. The second kappa shape index (κ2) is 5.35. The van der Waals surface area contributed by atoms with Gasteiger partial charge in [0, 0.05) is 20.5 Å². The molecule has 15 heavy (non-hydrogen) atoms. The van der Waals surface area contributed by atoms with Crippen LogP contribution in [0.4, 0.5) is 0 Å². The molecule has 0 spiro atoms. The van der Waals surface area contributed by atoms with Gasteiger partial charge in [-0.3, -0.25) is 4.79 Å². The van der Waals surface area contributed by atoms with Gasteiger partial charge in [-0.1, -0.05) is 5.16 Å². The average molecular weight is 214 g/mol. The van der Waals surface area contributed by atoms with Gasteiger partial charge >= 0.3 is 0 Å². The number of hydrogen-bond donors (Lipinski definition) is 2. The van der Waals surface area contributed by atoms with Crippen molar-refractivity contribution in [1.29, 1.82) is 0 Å². The zero-order valence-corrected chi connectivity index (χ0v) is 8.64. The number of amides is 1. The summed E-state index contributed by atoms with van der Waals surface area (Å²) in [5.41, 5.74) is 0. The molecular weight excluding hydrogens is 200 g/mol.